The van der Waals surface area contributed by atoms with Gasteiger partial charge >= 0.3 is 6.03 Å². The zero-order valence-electron chi connectivity index (χ0n) is 18.2. The summed E-state index contributed by atoms with van der Waals surface area (Å²) in [6.07, 6.45) is 0.761. The van der Waals surface area contributed by atoms with Crippen LogP contribution in [0.25, 0.3) is 11.1 Å². The highest BCUT2D eigenvalue weighted by Gasteiger charge is 2.47. The Balaban J connectivity index is 1.52. The van der Waals surface area contributed by atoms with Gasteiger partial charge in [-0.15, -0.1) is 0 Å². The number of hydrogen-bond acceptors (Lipinski definition) is 3. The maximum Gasteiger partial charge on any atom is 0.322 e. The van der Waals surface area contributed by atoms with E-state index in [9.17, 15) is 18.7 Å². The van der Waals surface area contributed by atoms with E-state index in [1.807, 2.05) is 19.2 Å². The van der Waals surface area contributed by atoms with Gasteiger partial charge in [0, 0.05) is 30.9 Å². The van der Waals surface area contributed by atoms with Crippen LogP contribution in [0, 0.1) is 17.6 Å². The molecule has 2 heterocycles. The molecular formula is C26H25F2N3O2. The summed E-state index contributed by atoms with van der Waals surface area (Å²) in [5, 5.41) is 13.0. The van der Waals surface area contributed by atoms with Crippen LogP contribution in [0.1, 0.15) is 18.0 Å². The molecule has 3 aromatic carbocycles. The molecule has 2 amide bonds. The third kappa shape index (κ3) is 3.82. The van der Waals surface area contributed by atoms with Gasteiger partial charge in [0.2, 0.25) is 0 Å². The predicted molar refractivity (Wildman–Crippen MR) is 124 cm³/mol. The molecule has 0 bridgehead atoms. The lowest BCUT2D eigenvalue weighted by Gasteiger charge is -2.44. The molecule has 2 N–H and O–H groups in total. The third-order valence-electron chi connectivity index (χ3n) is 6.88. The van der Waals surface area contributed by atoms with E-state index in [0.29, 0.717) is 12.2 Å². The largest absolute Gasteiger partial charge is 0.394 e. The van der Waals surface area contributed by atoms with Crippen LogP contribution in [-0.4, -0.2) is 42.3 Å². The number of nitrogens with one attached hydrogen (secondary N) is 1. The van der Waals surface area contributed by atoms with Crippen LogP contribution in [0.2, 0.25) is 0 Å². The monoisotopic (exact) mass is 449 g/mol. The van der Waals surface area contributed by atoms with E-state index in [0.717, 1.165) is 28.8 Å². The summed E-state index contributed by atoms with van der Waals surface area (Å²) in [5.74, 6) is -0.589. The summed E-state index contributed by atoms with van der Waals surface area (Å²) < 4.78 is 26.7. The van der Waals surface area contributed by atoms with E-state index in [4.69, 9.17) is 0 Å². The van der Waals surface area contributed by atoms with E-state index in [1.54, 1.807) is 17.0 Å². The molecule has 33 heavy (non-hydrogen) atoms. The number of benzene rings is 3. The van der Waals surface area contributed by atoms with Crippen molar-refractivity contribution in [1.82, 2.24) is 4.90 Å². The maximum atomic E-state index is 13.4. The predicted octanol–water partition coefficient (Wildman–Crippen LogP) is 5.04. The molecule has 5 rings (SSSR count). The molecule has 0 radical (unpaired) electrons. The first-order valence-corrected chi connectivity index (χ1v) is 11.0. The lowest BCUT2D eigenvalue weighted by atomic mass is 9.81. The Labute approximate surface area is 191 Å². The fourth-order valence-corrected chi connectivity index (χ4v) is 5.23. The number of nitrogens with zero attached hydrogens (tertiary/aromatic N) is 2. The van der Waals surface area contributed by atoms with Crippen molar-refractivity contribution in [3.05, 3.63) is 83.9 Å². The minimum absolute atomic E-state index is 0.00968. The molecule has 0 spiro atoms. The van der Waals surface area contributed by atoms with E-state index in [1.165, 1.54) is 36.4 Å². The van der Waals surface area contributed by atoms with Crippen LogP contribution in [0.3, 0.4) is 0 Å². The van der Waals surface area contributed by atoms with Crippen LogP contribution in [-0.2, 0) is 0 Å². The van der Waals surface area contributed by atoms with Crippen molar-refractivity contribution < 1.29 is 18.7 Å². The summed E-state index contributed by atoms with van der Waals surface area (Å²) in [4.78, 5) is 17.1. The van der Waals surface area contributed by atoms with Crippen LogP contribution in [0.5, 0.6) is 0 Å². The Morgan fingerprint density at radius 2 is 1.64 bits per heavy atom. The first-order chi connectivity index (χ1) is 16.0. The molecule has 1 saturated heterocycles. The van der Waals surface area contributed by atoms with Gasteiger partial charge in [0.15, 0.2) is 0 Å². The summed E-state index contributed by atoms with van der Waals surface area (Å²) in [7, 11) is 1.97. The zero-order chi connectivity index (χ0) is 23.1. The average Bonchev–Trinajstić information content (AvgIpc) is 3.26. The van der Waals surface area contributed by atoms with Gasteiger partial charge in [-0.2, -0.15) is 0 Å². The van der Waals surface area contributed by atoms with Crippen molar-refractivity contribution in [3.63, 3.8) is 0 Å². The van der Waals surface area contributed by atoms with Crippen LogP contribution >= 0.6 is 0 Å². The van der Waals surface area contributed by atoms with Crippen molar-refractivity contribution in [1.29, 1.82) is 0 Å². The first kappa shape index (κ1) is 21.4. The van der Waals surface area contributed by atoms with Crippen molar-refractivity contribution in [2.75, 3.05) is 30.4 Å². The first-order valence-electron chi connectivity index (χ1n) is 11.0. The van der Waals surface area contributed by atoms with E-state index in [2.05, 4.69) is 16.3 Å². The fraction of sp³-hybridized carbons (Fsp3) is 0.269. The van der Waals surface area contributed by atoms with Crippen molar-refractivity contribution in [2.24, 2.45) is 5.92 Å². The Hall–Kier alpha value is -3.45. The van der Waals surface area contributed by atoms with Gasteiger partial charge in [0.1, 0.15) is 11.6 Å². The topological polar surface area (TPSA) is 55.8 Å². The molecule has 0 saturated carbocycles. The second-order valence-corrected chi connectivity index (χ2v) is 8.67. The molecule has 0 aliphatic carbocycles. The number of amides is 2. The highest BCUT2D eigenvalue weighted by molar-refractivity contribution is 5.90. The SMILES string of the molecule is CN1c2ccc(-c3ccc(F)cc3)cc2[C@H]2[C@H](CCN2C(=O)Nc2ccc(F)cc2)[C@@H]1CO. The van der Waals surface area contributed by atoms with E-state index < -0.39 is 0 Å². The van der Waals surface area contributed by atoms with Gasteiger partial charge in [0.25, 0.3) is 0 Å². The highest BCUT2D eigenvalue weighted by atomic mass is 19.1. The van der Waals surface area contributed by atoms with Gasteiger partial charge in [-0.25, -0.2) is 13.6 Å². The summed E-state index contributed by atoms with van der Waals surface area (Å²) in [6, 6.07) is 17.5. The third-order valence-corrected chi connectivity index (χ3v) is 6.88. The molecular weight excluding hydrogens is 424 g/mol. The van der Waals surface area contributed by atoms with Gasteiger partial charge in [-0.1, -0.05) is 18.2 Å². The number of rotatable bonds is 3. The summed E-state index contributed by atoms with van der Waals surface area (Å²) >= 11 is 0. The molecule has 3 aromatic rings. The molecule has 0 unspecified atom stereocenters. The quantitative estimate of drug-likeness (QED) is 0.589. The smallest absolute Gasteiger partial charge is 0.322 e. The second-order valence-electron chi connectivity index (χ2n) is 8.67. The number of carbonyl (C=O) groups excluding carboxylic acids is 1. The van der Waals surface area contributed by atoms with Gasteiger partial charge < -0.3 is 20.2 Å². The van der Waals surface area contributed by atoms with E-state index in [-0.39, 0.29) is 42.3 Å². The molecule has 170 valence electrons. The number of hydrogen-bond donors (Lipinski definition) is 2. The zero-order valence-corrected chi connectivity index (χ0v) is 18.2. The number of likely N-dealkylation sites (tertiary alicyclic amines) is 1. The number of halogens is 2. The fourth-order valence-electron chi connectivity index (χ4n) is 5.23. The number of anilines is 2. The molecule has 2 aliphatic heterocycles. The van der Waals surface area contributed by atoms with Gasteiger partial charge in [-0.3, -0.25) is 0 Å². The van der Waals surface area contributed by atoms with Crippen molar-refractivity contribution in [3.8, 4) is 11.1 Å². The molecule has 3 atom stereocenters. The van der Waals surface area contributed by atoms with Gasteiger partial charge in [-0.05, 0) is 71.6 Å². The number of fused-ring (bicyclic) bond motifs is 3. The maximum absolute atomic E-state index is 13.4. The lowest BCUT2D eigenvalue weighted by molar-refractivity contribution is 0.168. The molecule has 1 fully saturated rings. The van der Waals surface area contributed by atoms with Crippen LogP contribution < -0.4 is 10.2 Å². The Morgan fingerprint density at radius 1 is 1.00 bits per heavy atom. The Bertz CT molecular complexity index is 1170. The minimum atomic E-state index is -0.363. The second kappa shape index (κ2) is 8.48. The van der Waals surface area contributed by atoms with E-state index >= 15 is 0 Å². The van der Waals surface area contributed by atoms with Crippen LogP contribution in [0.15, 0.2) is 66.7 Å². The molecule has 5 nitrogen and oxygen atoms in total. The standard InChI is InChI=1S/C26H25F2N3O2/c1-30-23-11-4-17(16-2-5-18(27)6-3-16)14-22(23)25-21(24(30)15-32)12-13-31(25)26(33)29-20-9-7-19(28)8-10-20/h2-11,14,21,24-25,32H,12-13,15H2,1H3,(H,29,33)/t21-,24+,25-/m1/s1. The number of carbonyl (C=O) groups is 1. The van der Waals surface area contributed by atoms with Crippen molar-refractivity contribution in [2.45, 2.75) is 18.5 Å². The number of aliphatic hydroxyl groups is 1. The lowest BCUT2D eigenvalue weighted by Crippen LogP contribution is -2.48. The molecule has 0 aromatic heterocycles. The molecule has 7 heteroatoms. The summed E-state index contributed by atoms with van der Waals surface area (Å²) in [6.45, 7) is 0.539. The number of aliphatic hydroxyl groups excluding tert-OH is 1. The number of likely N-dealkylation sites (N-methyl/N-ethyl adjacent to an activating group) is 1. The highest BCUT2D eigenvalue weighted by Crippen LogP contribution is 2.49. The normalized spacial score (nSPS) is 21.5. The minimum Gasteiger partial charge on any atom is -0.394 e. The Morgan fingerprint density at radius 3 is 2.30 bits per heavy atom. The number of urea groups is 1. The average molecular weight is 450 g/mol. The Kier molecular flexibility index (Phi) is 5.50. The van der Waals surface area contributed by atoms with Crippen LogP contribution in [0.4, 0.5) is 25.0 Å². The van der Waals surface area contributed by atoms with Crippen molar-refractivity contribution >= 4 is 17.4 Å². The summed E-state index contributed by atoms with van der Waals surface area (Å²) in [5.41, 5.74) is 4.32. The van der Waals surface area contributed by atoms with Gasteiger partial charge in [0.05, 0.1) is 18.7 Å². The molecule has 2 aliphatic rings.